The van der Waals surface area contributed by atoms with Crippen molar-refractivity contribution in [1.82, 2.24) is 0 Å². The third-order valence-corrected chi connectivity index (χ3v) is 22.5. The van der Waals surface area contributed by atoms with Gasteiger partial charge in [0, 0.05) is 0 Å². The van der Waals surface area contributed by atoms with Crippen molar-refractivity contribution in [3.63, 3.8) is 0 Å². The van der Waals surface area contributed by atoms with Crippen molar-refractivity contribution >= 4 is 0 Å². The summed E-state index contributed by atoms with van der Waals surface area (Å²) >= 11 is 0. The lowest BCUT2D eigenvalue weighted by molar-refractivity contribution is 0.251. The van der Waals surface area contributed by atoms with E-state index in [1.807, 2.05) is 0 Å². The first-order valence-corrected chi connectivity index (χ1v) is 44.3. The van der Waals surface area contributed by atoms with Gasteiger partial charge in [0.2, 0.25) is 0 Å². The maximum absolute atomic E-state index is 2.35. The maximum Gasteiger partial charge on any atom is -0.0127 e. The quantitative estimate of drug-likeness (QED) is 0.142. The van der Waals surface area contributed by atoms with Crippen molar-refractivity contribution in [3.05, 3.63) is 351 Å². The SMILES string of the molecule is CC(C)(C)C1Cc2ccccc2C1.Cc1cc(C)cc(C(C)(C)C)c1.Cc1ccc(C(C)(C)C)c(C)c1.Cc1ccc(C(C)(C)C)cc1.Cc1ccc(C(C)(C)C)cc1C.Cc1ccc(C)c(C(C)(C)C)c1.Cc1cccc(C(C)(C)C)c1.Cc1cccc(C(C)(C)C)c1C.Cc1cccc(C)c1C(C)(C)C.Cc1ccccc1C(C)(C)C. The highest BCUT2D eigenvalue weighted by molar-refractivity contribution is 5.42. The lowest BCUT2D eigenvalue weighted by Gasteiger charge is -2.26. The molecule has 646 valence electrons. The Morgan fingerprint density at radius 3 is 0.898 bits per heavy atom. The molecule has 0 radical (unpaired) electrons. The monoisotopic (exact) mass is 1590 g/mol. The molecular weight excluding hydrogens is 1420 g/mol. The average molecular weight is 1590 g/mol. The lowest BCUT2D eigenvalue weighted by atomic mass is 9.79. The number of aryl methyl sites for hydroxylation is 14. The molecule has 10 aromatic rings. The Hall–Kier alpha value is -7.80. The summed E-state index contributed by atoms with van der Waals surface area (Å²) < 4.78 is 0. The van der Waals surface area contributed by atoms with Gasteiger partial charge in [-0.25, -0.2) is 0 Å². The highest BCUT2D eigenvalue weighted by Gasteiger charge is 2.31. The van der Waals surface area contributed by atoms with Crippen molar-refractivity contribution in [3.8, 4) is 0 Å². The summed E-state index contributed by atoms with van der Waals surface area (Å²) in [6.07, 6.45) is 2.55. The van der Waals surface area contributed by atoms with E-state index in [1.165, 1.54) is 146 Å². The summed E-state index contributed by atoms with van der Waals surface area (Å²) in [5, 5.41) is 0. The van der Waals surface area contributed by atoms with Gasteiger partial charge < -0.3 is 0 Å². The first kappa shape index (κ1) is 106. The number of fused-ring (bicyclic) bond motifs is 1. The van der Waals surface area contributed by atoms with Gasteiger partial charge in [0.25, 0.3) is 0 Å². The Morgan fingerprint density at radius 1 is 0.186 bits per heavy atom. The van der Waals surface area contributed by atoms with Crippen LogP contribution in [0.4, 0.5) is 0 Å². The molecule has 0 saturated heterocycles. The Balaban J connectivity index is 0.000000445. The second-order valence-electron chi connectivity index (χ2n) is 44.9. The smallest absolute Gasteiger partial charge is 0.0127 e. The zero-order valence-electron chi connectivity index (χ0n) is 84.6. The molecule has 1 aliphatic carbocycles. The fourth-order valence-corrected chi connectivity index (χ4v) is 15.1. The highest BCUT2D eigenvalue weighted by Crippen LogP contribution is 2.39. The molecule has 0 heteroatoms. The van der Waals surface area contributed by atoms with E-state index >= 15 is 0 Å². The third-order valence-electron chi connectivity index (χ3n) is 22.5. The van der Waals surface area contributed by atoms with Crippen LogP contribution in [0.15, 0.2) is 206 Å². The predicted octanol–water partition coefficient (Wildman–Crippen LogP) is 34.9. The third kappa shape index (κ3) is 37.9. The van der Waals surface area contributed by atoms with Gasteiger partial charge in [-0.2, -0.15) is 0 Å². The fourth-order valence-electron chi connectivity index (χ4n) is 15.1. The molecule has 0 fully saturated rings. The van der Waals surface area contributed by atoms with E-state index in [-0.39, 0.29) is 48.7 Å². The summed E-state index contributed by atoms with van der Waals surface area (Å²) in [4.78, 5) is 0. The summed E-state index contributed by atoms with van der Waals surface area (Å²) in [5.41, 5.74) is 39.8. The average Bonchev–Trinajstić information content (AvgIpc) is 1.58. The molecule has 1 aliphatic rings. The van der Waals surface area contributed by atoms with Crippen LogP contribution in [0.3, 0.4) is 0 Å². The molecule has 0 atom stereocenters. The van der Waals surface area contributed by atoms with Crippen LogP contribution in [0.1, 0.15) is 352 Å². The van der Waals surface area contributed by atoms with Gasteiger partial charge in [-0.1, -0.05) is 447 Å². The molecule has 0 spiro atoms. The first-order chi connectivity index (χ1) is 53.6. The molecule has 0 heterocycles. The zero-order chi connectivity index (χ0) is 91.0. The van der Waals surface area contributed by atoms with E-state index in [2.05, 4.69) is 518 Å². The van der Waals surface area contributed by atoms with Gasteiger partial charge in [0.1, 0.15) is 0 Å². The van der Waals surface area contributed by atoms with E-state index in [0.717, 1.165) is 5.92 Å². The van der Waals surface area contributed by atoms with E-state index < -0.39 is 0 Å². The predicted molar refractivity (Wildman–Crippen MR) is 534 cm³/mol. The minimum absolute atomic E-state index is 0.273. The number of hydrogen-bond acceptors (Lipinski definition) is 0. The second kappa shape index (κ2) is 44.7. The van der Waals surface area contributed by atoms with Crippen LogP contribution in [0, 0.1) is 115 Å². The highest BCUT2D eigenvalue weighted by atomic mass is 14.4. The Labute approximate surface area is 730 Å². The Bertz CT molecular complexity index is 4590. The van der Waals surface area contributed by atoms with Crippen LogP contribution in [0.2, 0.25) is 0 Å². The molecule has 0 unspecified atom stereocenters. The van der Waals surface area contributed by atoms with Gasteiger partial charge >= 0.3 is 0 Å². The lowest BCUT2D eigenvalue weighted by Crippen LogP contribution is -2.20. The summed E-state index contributed by atoms with van der Waals surface area (Å²) in [6, 6.07) is 74.7. The van der Waals surface area contributed by atoms with Gasteiger partial charge in [-0.05, 0) is 288 Å². The fraction of sp³-hybridized carbons (Fsp3) is 0.492. The normalized spacial score (nSPS) is 12.3. The zero-order valence-corrected chi connectivity index (χ0v) is 84.6. The summed E-state index contributed by atoms with van der Waals surface area (Å²) in [5.74, 6) is 0.838. The maximum atomic E-state index is 2.35. The molecule has 0 aromatic heterocycles. The van der Waals surface area contributed by atoms with Gasteiger partial charge in [0.05, 0.1) is 0 Å². The summed E-state index contributed by atoms with van der Waals surface area (Å²) in [6.45, 7) is 100. The molecule has 118 heavy (non-hydrogen) atoms. The number of hydrogen-bond donors (Lipinski definition) is 0. The van der Waals surface area contributed by atoms with E-state index in [1.54, 1.807) is 11.1 Å². The van der Waals surface area contributed by atoms with E-state index in [0.29, 0.717) is 5.41 Å². The van der Waals surface area contributed by atoms with E-state index in [9.17, 15) is 0 Å². The summed E-state index contributed by atoms with van der Waals surface area (Å²) in [7, 11) is 0. The Kier molecular flexibility index (Phi) is 40.2. The minimum Gasteiger partial charge on any atom is -0.0620 e. The first-order valence-electron chi connectivity index (χ1n) is 44.3. The molecule has 0 nitrogen and oxygen atoms in total. The van der Waals surface area contributed by atoms with Gasteiger partial charge in [0.15, 0.2) is 0 Å². The van der Waals surface area contributed by atoms with Gasteiger partial charge in [-0.3, -0.25) is 0 Å². The van der Waals surface area contributed by atoms with Crippen LogP contribution in [-0.2, 0) is 61.6 Å². The molecule has 0 saturated carbocycles. The van der Waals surface area contributed by atoms with Crippen molar-refractivity contribution < 1.29 is 0 Å². The van der Waals surface area contributed by atoms with Crippen molar-refractivity contribution in [2.75, 3.05) is 0 Å². The van der Waals surface area contributed by atoms with Crippen LogP contribution >= 0.6 is 0 Å². The topological polar surface area (TPSA) is 0 Å². The van der Waals surface area contributed by atoms with Crippen LogP contribution in [0.25, 0.3) is 0 Å². The second-order valence-corrected chi connectivity index (χ2v) is 44.9. The van der Waals surface area contributed by atoms with Crippen molar-refractivity contribution in [2.45, 2.75) is 373 Å². The molecule has 0 bridgehead atoms. The largest absolute Gasteiger partial charge is 0.0620 e. The van der Waals surface area contributed by atoms with Crippen molar-refractivity contribution in [1.29, 1.82) is 0 Å². The van der Waals surface area contributed by atoms with Crippen LogP contribution in [-0.4, -0.2) is 0 Å². The Morgan fingerprint density at radius 2 is 0.525 bits per heavy atom. The van der Waals surface area contributed by atoms with Gasteiger partial charge in [-0.15, -0.1) is 0 Å². The van der Waals surface area contributed by atoms with Crippen LogP contribution < -0.4 is 0 Å². The van der Waals surface area contributed by atoms with Crippen LogP contribution in [0.5, 0.6) is 0 Å². The van der Waals surface area contributed by atoms with E-state index in [4.69, 9.17) is 0 Å². The molecular formula is C118H174. The molecule has 11 rings (SSSR count). The molecule has 0 aliphatic heterocycles. The molecule has 0 N–H and O–H groups in total. The number of rotatable bonds is 0. The number of benzene rings is 10. The van der Waals surface area contributed by atoms with Crippen molar-refractivity contribution in [2.24, 2.45) is 11.3 Å². The standard InChI is InChI=1S/C13H18.6C12H18.3C11H16/c1-13(2,3)12-8-10-6-4-5-7-11(10)9-12;1-9-6-10(2)8-11(7-9)12(3,4)5;1-9-6-7-11(8-10(9)2)12(3,4)5;1-9-6-7-11(10(2)8-9)12(3,4)5;1-9-6-7-10(2)11(8-9)12(3,4)5;1-9-7-6-8-11(10(9)2)12(3,4)5;1-9-7-6-8-10(2)11(9)12(3,4)5;1-9-5-7-10(8-6-9)11(2,3)4;1-9-6-5-7-10(8-9)11(2,3)4;1-9-7-5-6-8-10(9)11(2,3)4/h4-7,12H,8-9H2,1-3H3;6*6-8H,1-5H3;3*5-8H,1-4H3. The molecule has 10 aromatic carbocycles. The minimum atomic E-state index is 0.273. The molecule has 0 amide bonds.